The van der Waals surface area contributed by atoms with E-state index in [1.807, 2.05) is 78.9 Å². The Hall–Kier alpha value is -4.18. The van der Waals surface area contributed by atoms with Crippen LogP contribution in [0.25, 0.3) is 22.9 Å². The lowest BCUT2D eigenvalue weighted by Crippen LogP contribution is -2.27. The van der Waals surface area contributed by atoms with E-state index >= 15 is 0 Å². The average Bonchev–Trinajstić information content (AvgIpc) is 3.06. The summed E-state index contributed by atoms with van der Waals surface area (Å²) < 4.78 is 0. The Kier molecular flexibility index (Phi) is 4.58. The highest BCUT2D eigenvalue weighted by molar-refractivity contribution is 6.11. The van der Waals surface area contributed by atoms with E-state index in [2.05, 4.69) is 17.1 Å². The van der Waals surface area contributed by atoms with Crippen molar-refractivity contribution in [3.63, 3.8) is 0 Å². The van der Waals surface area contributed by atoms with Gasteiger partial charge in [0.15, 0.2) is 0 Å². The number of carbonyl (C=O) groups excluding carboxylic acids is 1. The molecule has 1 amide bonds. The van der Waals surface area contributed by atoms with Gasteiger partial charge in [-0.3, -0.25) is 4.79 Å². The molecule has 0 bridgehead atoms. The molecular formula is C26H18N2O2. The summed E-state index contributed by atoms with van der Waals surface area (Å²) >= 11 is 0. The Morgan fingerprint density at radius 2 is 1.47 bits per heavy atom. The maximum atomic E-state index is 13.2. The molecule has 0 aliphatic carbocycles. The van der Waals surface area contributed by atoms with Gasteiger partial charge in [0.1, 0.15) is 0 Å². The summed E-state index contributed by atoms with van der Waals surface area (Å²) in [6.07, 6.45) is 3.60. The summed E-state index contributed by atoms with van der Waals surface area (Å²) in [7, 11) is 0. The molecule has 0 unspecified atom stereocenters. The predicted octanol–water partition coefficient (Wildman–Crippen LogP) is 5.70. The molecule has 144 valence electrons. The SMILES string of the molecule is O=C1c2ccc(-c3ccccc3)cc2/C(=C\c2ccccc2)N1Oc1ccccn1. The number of amides is 1. The monoisotopic (exact) mass is 390 g/mol. The fourth-order valence-electron chi connectivity index (χ4n) is 3.51. The van der Waals surface area contributed by atoms with Crippen LogP contribution in [0.1, 0.15) is 21.5 Å². The third-order valence-corrected chi connectivity index (χ3v) is 4.96. The Labute approximate surface area is 174 Å². The lowest BCUT2D eigenvalue weighted by molar-refractivity contribution is 0.0107. The van der Waals surface area contributed by atoms with Gasteiger partial charge >= 0.3 is 0 Å². The molecule has 0 radical (unpaired) electrons. The van der Waals surface area contributed by atoms with E-state index in [-0.39, 0.29) is 5.91 Å². The number of rotatable bonds is 4. The van der Waals surface area contributed by atoms with E-state index in [9.17, 15) is 4.79 Å². The fraction of sp³-hybridized carbons (Fsp3) is 0. The molecule has 5 rings (SSSR count). The molecule has 0 spiro atoms. The van der Waals surface area contributed by atoms with Crippen LogP contribution in [0.3, 0.4) is 0 Å². The number of hydroxylamine groups is 2. The number of pyridine rings is 1. The molecule has 4 aromatic rings. The van der Waals surface area contributed by atoms with Crippen molar-refractivity contribution in [3.05, 3.63) is 120 Å². The Balaban J connectivity index is 1.63. The van der Waals surface area contributed by atoms with Crippen molar-refractivity contribution in [1.29, 1.82) is 0 Å². The van der Waals surface area contributed by atoms with Crippen LogP contribution >= 0.6 is 0 Å². The highest BCUT2D eigenvalue weighted by atomic mass is 16.7. The number of benzene rings is 3. The van der Waals surface area contributed by atoms with Gasteiger partial charge in [-0.05, 0) is 41.0 Å². The molecule has 1 aromatic heterocycles. The van der Waals surface area contributed by atoms with Gasteiger partial charge in [-0.1, -0.05) is 72.8 Å². The number of fused-ring (bicyclic) bond motifs is 1. The first-order valence-electron chi connectivity index (χ1n) is 9.70. The van der Waals surface area contributed by atoms with Gasteiger partial charge in [-0.2, -0.15) is 0 Å². The minimum Gasteiger partial charge on any atom is -0.351 e. The van der Waals surface area contributed by atoms with Gasteiger partial charge in [-0.15, -0.1) is 5.06 Å². The van der Waals surface area contributed by atoms with Crippen LogP contribution in [0, 0.1) is 0 Å². The lowest BCUT2D eigenvalue weighted by Gasteiger charge is -2.17. The predicted molar refractivity (Wildman–Crippen MR) is 117 cm³/mol. The summed E-state index contributed by atoms with van der Waals surface area (Å²) in [4.78, 5) is 23.3. The normalized spacial score (nSPS) is 14.1. The lowest BCUT2D eigenvalue weighted by atomic mass is 9.98. The van der Waals surface area contributed by atoms with Crippen LogP contribution in [0.4, 0.5) is 0 Å². The number of hydrogen-bond donors (Lipinski definition) is 0. The molecule has 4 nitrogen and oxygen atoms in total. The van der Waals surface area contributed by atoms with E-state index in [1.54, 1.807) is 18.3 Å². The van der Waals surface area contributed by atoms with Gasteiger partial charge in [0.05, 0.1) is 11.3 Å². The summed E-state index contributed by atoms with van der Waals surface area (Å²) in [5.41, 5.74) is 5.24. The van der Waals surface area contributed by atoms with Crippen LogP contribution in [-0.2, 0) is 0 Å². The smallest absolute Gasteiger partial charge is 0.292 e. The zero-order valence-electron chi connectivity index (χ0n) is 16.1. The summed E-state index contributed by atoms with van der Waals surface area (Å²) in [5, 5.41) is 1.33. The van der Waals surface area contributed by atoms with E-state index in [0.717, 1.165) is 22.3 Å². The van der Waals surface area contributed by atoms with Crippen LogP contribution in [-0.4, -0.2) is 16.0 Å². The minimum atomic E-state index is -0.211. The first-order chi connectivity index (χ1) is 14.8. The number of carbonyl (C=O) groups is 1. The van der Waals surface area contributed by atoms with Gasteiger partial charge in [0, 0.05) is 17.8 Å². The van der Waals surface area contributed by atoms with E-state index in [0.29, 0.717) is 17.1 Å². The van der Waals surface area contributed by atoms with Crippen molar-refractivity contribution in [2.45, 2.75) is 0 Å². The number of hydrogen-bond acceptors (Lipinski definition) is 3. The summed E-state index contributed by atoms with van der Waals surface area (Å²) in [6.45, 7) is 0. The first-order valence-corrected chi connectivity index (χ1v) is 9.70. The minimum absolute atomic E-state index is 0.211. The fourth-order valence-corrected chi connectivity index (χ4v) is 3.51. The molecular weight excluding hydrogens is 372 g/mol. The van der Waals surface area contributed by atoms with Gasteiger partial charge in [-0.25, -0.2) is 4.98 Å². The van der Waals surface area contributed by atoms with Crippen molar-refractivity contribution in [2.75, 3.05) is 0 Å². The van der Waals surface area contributed by atoms with Gasteiger partial charge in [0.25, 0.3) is 5.91 Å². The molecule has 30 heavy (non-hydrogen) atoms. The second-order valence-corrected chi connectivity index (χ2v) is 6.93. The van der Waals surface area contributed by atoms with Crippen molar-refractivity contribution in [3.8, 4) is 17.0 Å². The highest BCUT2D eigenvalue weighted by Gasteiger charge is 2.35. The molecule has 0 N–H and O–H groups in total. The van der Waals surface area contributed by atoms with Crippen molar-refractivity contribution < 1.29 is 9.63 Å². The van der Waals surface area contributed by atoms with E-state index in [4.69, 9.17) is 4.84 Å². The third kappa shape index (κ3) is 3.35. The largest absolute Gasteiger partial charge is 0.351 e. The van der Waals surface area contributed by atoms with Gasteiger partial charge in [0.2, 0.25) is 5.88 Å². The van der Waals surface area contributed by atoms with Crippen molar-refractivity contribution >= 4 is 17.7 Å². The molecule has 4 heteroatoms. The first kappa shape index (κ1) is 17.9. The molecule has 0 saturated heterocycles. The quantitative estimate of drug-likeness (QED) is 0.449. The van der Waals surface area contributed by atoms with Crippen molar-refractivity contribution in [2.24, 2.45) is 0 Å². The number of nitrogens with zero attached hydrogens (tertiary/aromatic N) is 2. The average molecular weight is 390 g/mol. The Morgan fingerprint density at radius 1 is 0.733 bits per heavy atom. The third-order valence-electron chi connectivity index (χ3n) is 4.96. The molecule has 0 atom stereocenters. The molecule has 1 aliphatic rings. The van der Waals surface area contributed by atoms with E-state index in [1.165, 1.54) is 5.06 Å². The Bertz CT molecular complexity index is 1220. The zero-order chi connectivity index (χ0) is 20.3. The maximum Gasteiger partial charge on any atom is 0.292 e. The van der Waals surface area contributed by atoms with E-state index < -0.39 is 0 Å². The maximum absolute atomic E-state index is 13.2. The molecule has 0 fully saturated rings. The van der Waals surface area contributed by atoms with Crippen molar-refractivity contribution in [1.82, 2.24) is 10.0 Å². The molecule has 2 heterocycles. The highest BCUT2D eigenvalue weighted by Crippen LogP contribution is 2.37. The number of aromatic nitrogens is 1. The van der Waals surface area contributed by atoms with Crippen LogP contribution in [0.15, 0.2) is 103 Å². The van der Waals surface area contributed by atoms with Crippen LogP contribution in [0.5, 0.6) is 5.88 Å². The zero-order valence-corrected chi connectivity index (χ0v) is 16.1. The second kappa shape index (κ2) is 7.68. The van der Waals surface area contributed by atoms with Crippen LogP contribution < -0.4 is 4.84 Å². The topological polar surface area (TPSA) is 42.4 Å². The molecule has 3 aromatic carbocycles. The Morgan fingerprint density at radius 3 is 2.20 bits per heavy atom. The summed E-state index contributed by atoms with van der Waals surface area (Å²) in [6, 6.07) is 31.2. The molecule has 0 saturated carbocycles. The summed E-state index contributed by atoms with van der Waals surface area (Å²) in [5.74, 6) is 0.151. The van der Waals surface area contributed by atoms with Gasteiger partial charge < -0.3 is 4.84 Å². The standard InChI is InChI=1S/C26H18N2O2/c29-26-22-15-14-21(20-11-5-2-6-12-20)18-23(22)24(17-19-9-3-1-4-10-19)28(26)30-25-13-7-8-16-27-25/h1-18H/b24-17+. The van der Waals surface area contributed by atoms with Crippen LogP contribution in [0.2, 0.25) is 0 Å². The second-order valence-electron chi connectivity index (χ2n) is 6.93. The molecule has 1 aliphatic heterocycles.